The summed E-state index contributed by atoms with van der Waals surface area (Å²) in [4.78, 5) is 2.16. The minimum absolute atomic E-state index is 0.592. The van der Waals surface area contributed by atoms with Crippen molar-refractivity contribution in [2.75, 3.05) is 18.5 Å². The van der Waals surface area contributed by atoms with Crippen molar-refractivity contribution in [1.29, 1.82) is 0 Å². The summed E-state index contributed by atoms with van der Waals surface area (Å²) in [6.45, 7) is 8.42. The summed E-state index contributed by atoms with van der Waals surface area (Å²) in [5.41, 5.74) is 12.6. The smallest absolute Gasteiger partial charge is 0.214 e. The molecule has 0 aromatic heterocycles. The SMILES string of the molecule is Cc1cccc(C)c1N/N=C(\N)N1CCCC(C)C1. The number of para-hydroxylation sites is 1. The Morgan fingerprint density at radius 1 is 1.37 bits per heavy atom. The monoisotopic (exact) mass is 260 g/mol. The van der Waals surface area contributed by atoms with Gasteiger partial charge in [-0.05, 0) is 43.7 Å². The largest absolute Gasteiger partial charge is 0.368 e. The van der Waals surface area contributed by atoms with E-state index in [4.69, 9.17) is 5.73 Å². The number of anilines is 1. The molecule has 1 fully saturated rings. The number of rotatable bonds is 2. The fraction of sp³-hybridized carbons (Fsp3) is 0.533. The quantitative estimate of drug-likeness (QED) is 0.488. The van der Waals surface area contributed by atoms with Crippen molar-refractivity contribution in [3.8, 4) is 0 Å². The van der Waals surface area contributed by atoms with Crippen molar-refractivity contribution >= 4 is 11.6 Å². The average Bonchev–Trinajstić information content (AvgIpc) is 2.38. The zero-order valence-corrected chi connectivity index (χ0v) is 12.1. The Kier molecular flexibility index (Phi) is 4.30. The molecule has 1 atom stereocenters. The van der Waals surface area contributed by atoms with Crippen LogP contribution in [-0.4, -0.2) is 23.9 Å². The highest BCUT2D eigenvalue weighted by molar-refractivity contribution is 5.79. The van der Waals surface area contributed by atoms with Crippen LogP contribution in [0, 0.1) is 19.8 Å². The second-order valence-electron chi connectivity index (χ2n) is 5.54. The Hall–Kier alpha value is -1.71. The molecule has 0 bridgehead atoms. The van der Waals surface area contributed by atoms with Gasteiger partial charge in [0.15, 0.2) is 0 Å². The molecular weight excluding hydrogens is 236 g/mol. The van der Waals surface area contributed by atoms with Gasteiger partial charge in [-0.2, -0.15) is 0 Å². The van der Waals surface area contributed by atoms with Gasteiger partial charge in [0.25, 0.3) is 0 Å². The van der Waals surface area contributed by atoms with E-state index in [9.17, 15) is 0 Å². The second-order valence-corrected chi connectivity index (χ2v) is 5.54. The lowest BCUT2D eigenvalue weighted by molar-refractivity contribution is 0.270. The summed E-state index contributed by atoms with van der Waals surface area (Å²) in [5, 5.41) is 4.34. The van der Waals surface area contributed by atoms with Gasteiger partial charge in [0.05, 0.1) is 5.69 Å². The molecule has 1 saturated heterocycles. The third-order valence-electron chi connectivity index (χ3n) is 3.74. The number of hydrogen-bond acceptors (Lipinski definition) is 2. The first-order valence-electron chi connectivity index (χ1n) is 6.98. The number of nitrogens with zero attached hydrogens (tertiary/aromatic N) is 2. The third kappa shape index (κ3) is 3.40. The molecule has 0 amide bonds. The highest BCUT2D eigenvalue weighted by atomic mass is 15.4. The van der Waals surface area contributed by atoms with Crippen LogP contribution in [0.5, 0.6) is 0 Å². The van der Waals surface area contributed by atoms with E-state index in [-0.39, 0.29) is 0 Å². The number of likely N-dealkylation sites (tertiary alicyclic amines) is 1. The van der Waals surface area contributed by atoms with Gasteiger partial charge in [-0.1, -0.05) is 25.1 Å². The molecule has 1 unspecified atom stereocenters. The topological polar surface area (TPSA) is 53.6 Å². The van der Waals surface area contributed by atoms with Crippen LogP contribution in [-0.2, 0) is 0 Å². The molecular formula is C15H24N4. The highest BCUT2D eigenvalue weighted by Crippen LogP contribution is 2.19. The molecule has 1 aliphatic heterocycles. The molecule has 0 spiro atoms. The van der Waals surface area contributed by atoms with Gasteiger partial charge >= 0.3 is 0 Å². The molecule has 2 rings (SSSR count). The predicted octanol–water partition coefficient (Wildman–Crippen LogP) is 2.68. The lowest BCUT2D eigenvalue weighted by Gasteiger charge is -2.31. The minimum Gasteiger partial charge on any atom is -0.368 e. The third-order valence-corrected chi connectivity index (χ3v) is 3.74. The van der Waals surface area contributed by atoms with Crippen molar-refractivity contribution in [2.45, 2.75) is 33.6 Å². The fourth-order valence-corrected chi connectivity index (χ4v) is 2.57. The summed E-state index contributed by atoms with van der Waals surface area (Å²) >= 11 is 0. The number of hydrogen-bond donors (Lipinski definition) is 2. The number of nitrogens with one attached hydrogen (secondary N) is 1. The van der Waals surface area contributed by atoms with Gasteiger partial charge in [-0.25, -0.2) is 0 Å². The van der Waals surface area contributed by atoms with E-state index in [1.54, 1.807) is 0 Å². The van der Waals surface area contributed by atoms with Crippen LogP contribution in [0.25, 0.3) is 0 Å². The predicted molar refractivity (Wildman–Crippen MR) is 81.1 cm³/mol. The Bertz CT molecular complexity index is 447. The van der Waals surface area contributed by atoms with Crippen molar-refractivity contribution in [3.05, 3.63) is 29.3 Å². The van der Waals surface area contributed by atoms with Crippen LogP contribution in [0.3, 0.4) is 0 Å². The zero-order valence-electron chi connectivity index (χ0n) is 12.1. The van der Waals surface area contributed by atoms with Crippen LogP contribution in [0.2, 0.25) is 0 Å². The Labute approximate surface area is 115 Å². The lowest BCUT2D eigenvalue weighted by Crippen LogP contribution is -2.43. The van der Waals surface area contributed by atoms with E-state index in [0.717, 1.165) is 18.8 Å². The summed E-state index contributed by atoms with van der Waals surface area (Å²) in [5.74, 6) is 1.29. The summed E-state index contributed by atoms with van der Waals surface area (Å²) < 4.78 is 0. The van der Waals surface area contributed by atoms with Crippen LogP contribution in [0.4, 0.5) is 5.69 Å². The highest BCUT2D eigenvalue weighted by Gasteiger charge is 2.17. The van der Waals surface area contributed by atoms with E-state index in [1.807, 2.05) is 0 Å². The molecule has 1 aromatic rings. The molecule has 104 valence electrons. The van der Waals surface area contributed by atoms with E-state index in [2.05, 4.69) is 54.4 Å². The first-order valence-corrected chi connectivity index (χ1v) is 6.98. The standard InChI is InChI=1S/C15H24N4/c1-11-6-5-9-19(10-11)15(16)18-17-14-12(2)7-4-8-13(14)3/h4,7-8,11,17H,5-6,9-10H2,1-3H3,(H2,16,18). The van der Waals surface area contributed by atoms with E-state index >= 15 is 0 Å². The summed E-state index contributed by atoms with van der Waals surface area (Å²) in [6, 6.07) is 6.20. The van der Waals surface area contributed by atoms with Crippen LogP contribution >= 0.6 is 0 Å². The average molecular weight is 260 g/mol. The van der Waals surface area contributed by atoms with Gasteiger partial charge in [-0.15, -0.1) is 5.10 Å². The normalized spacial score (nSPS) is 20.5. The summed E-state index contributed by atoms with van der Waals surface area (Å²) in [7, 11) is 0. The molecule has 0 saturated carbocycles. The fourth-order valence-electron chi connectivity index (χ4n) is 2.57. The number of piperidine rings is 1. The second kappa shape index (κ2) is 5.95. The molecule has 4 nitrogen and oxygen atoms in total. The lowest BCUT2D eigenvalue weighted by atomic mass is 10.0. The van der Waals surface area contributed by atoms with E-state index < -0.39 is 0 Å². The Morgan fingerprint density at radius 2 is 2.05 bits per heavy atom. The van der Waals surface area contributed by atoms with Gasteiger partial charge in [-0.3, -0.25) is 5.43 Å². The first kappa shape index (κ1) is 13.7. The number of benzene rings is 1. The molecule has 1 heterocycles. The van der Waals surface area contributed by atoms with Gasteiger partial charge < -0.3 is 10.6 Å². The molecule has 1 aliphatic rings. The molecule has 3 N–H and O–H groups in total. The maximum Gasteiger partial charge on any atom is 0.214 e. The Balaban J connectivity index is 2.05. The van der Waals surface area contributed by atoms with Crippen molar-refractivity contribution in [3.63, 3.8) is 0 Å². The number of hydrazone groups is 1. The number of nitrogens with two attached hydrogens (primary N) is 1. The molecule has 4 heteroatoms. The van der Waals surface area contributed by atoms with E-state index in [0.29, 0.717) is 11.9 Å². The van der Waals surface area contributed by atoms with Crippen molar-refractivity contribution in [2.24, 2.45) is 16.8 Å². The molecule has 0 radical (unpaired) electrons. The summed E-state index contributed by atoms with van der Waals surface area (Å²) in [6.07, 6.45) is 2.48. The van der Waals surface area contributed by atoms with Crippen molar-refractivity contribution < 1.29 is 0 Å². The van der Waals surface area contributed by atoms with Crippen LogP contribution < -0.4 is 11.2 Å². The van der Waals surface area contributed by atoms with Gasteiger partial charge in [0, 0.05) is 13.1 Å². The molecule has 0 aliphatic carbocycles. The van der Waals surface area contributed by atoms with Crippen LogP contribution in [0.15, 0.2) is 23.3 Å². The Morgan fingerprint density at radius 3 is 2.68 bits per heavy atom. The van der Waals surface area contributed by atoms with Gasteiger partial charge in [0.1, 0.15) is 0 Å². The van der Waals surface area contributed by atoms with Crippen LogP contribution in [0.1, 0.15) is 30.9 Å². The zero-order chi connectivity index (χ0) is 13.8. The maximum absolute atomic E-state index is 6.07. The van der Waals surface area contributed by atoms with E-state index in [1.165, 1.54) is 24.0 Å². The number of aryl methyl sites for hydroxylation is 2. The minimum atomic E-state index is 0.592. The number of guanidine groups is 1. The van der Waals surface area contributed by atoms with Gasteiger partial charge in [0.2, 0.25) is 5.96 Å². The molecule has 19 heavy (non-hydrogen) atoms. The van der Waals surface area contributed by atoms with Crippen molar-refractivity contribution in [1.82, 2.24) is 4.90 Å². The molecule has 1 aromatic carbocycles. The maximum atomic E-state index is 6.07. The first-order chi connectivity index (χ1) is 9.08.